The molecule has 9 nitrogen and oxygen atoms in total. The molecule has 0 fully saturated rings. The average Bonchev–Trinajstić information content (AvgIpc) is 3.37. The van der Waals surface area contributed by atoms with E-state index in [4.69, 9.17) is 18.6 Å². The molecule has 39 heavy (non-hydrogen) atoms. The Kier molecular flexibility index (Phi) is 11.1. The maximum atomic E-state index is 13.6. The van der Waals surface area contributed by atoms with Crippen molar-refractivity contribution >= 4 is 17.6 Å². The van der Waals surface area contributed by atoms with Crippen LogP contribution in [0.1, 0.15) is 36.8 Å². The Morgan fingerprint density at radius 2 is 1.62 bits per heavy atom. The molecule has 9 heteroatoms. The van der Waals surface area contributed by atoms with Gasteiger partial charge in [0.1, 0.15) is 23.8 Å². The van der Waals surface area contributed by atoms with Crippen molar-refractivity contribution in [2.24, 2.45) is 0 Å². The fraction of sp³-hybridized carbons (Fsp3) is 0.400. The molecule has 0 saturated heterocycles. The Morgan fingerprint density at radius 3 is 2.23 bits per heavy atom. The first kappa shape index (κ1) is 29.4. The van der Waals surface area contributed by atoms with Crippen LogP contribution in [-0.2, 0) is 17.8 Å². The Hall–Kier alpha value is -4.14. The van der Waals surface area contributed by atoms with E-state index in [-0.39, 0.29) is 18.5 Å². The van der Waals surface area contributed by atoms with Crippen LogP contribution >= 0.6 is 0 Å². The summed E-state index contributed by atoms with van der Waals surface area (Å²) in [6.07, 6.45) is 2.28. The fourth-order valence-electron chi connectivity index (χ4n) is 4.09. The van der Waals surface area contributed by atoms with E-state index < -0.39 is 0 Å². The lowest BCUT2D eigenvalue weighted by molar-refractivity contribution is -0.132. The third kappa shape index (κ3) is 8.70. The Morgan fingerprint density at radius 1 is 0.872 bits per heavy atom. The lowest BCUT2D eigenvalue weighted by Gasteiger charge is -2.27. The molecule has 0 radical (unpaired) electrons. The zero-order chi connectivity index (χ0) is 28.2. The summed E-state index contributed by atoms with van der Waals surface area (Å²) in [5, 5.41) is 2.90. The zero-order valence-corrected chi connectivity index (χ0v) is 23.5. The van der Waals surface area contributed by atoms with Crippen LogP contribution in [0.2, 0.25) is 0 Å². The third-order valence-electron chi connectivity index (χ3n) is 6.35. The van der Waals surface area contributed by atoms with Crippen molar-refractivity contribution in [3.63, 3.8) is 0 Å². The van der Waals surface area contributed by atoms with Gasteiger partial charge in [0.05, 0.1) is 27.9 Å². The average molecular weight is 538 g/mol. The molecule has 1 aromatic heterocycles. The highest BCUT2D eigenvalue weighted by molar-refractivity contribution is 5.92. The van der Waals surface area contributed by atoms with Gasteiger partial charge in [0.2, 0.25) is 5.91 Å². The highest BCUT2D eigenvalue weighted by Crippen LogP contribution is 2.28. The minimum absolute atomic E-state index is 0.0480. The van der Waals surface area contributed by atoms with E-state index in [1.165, 1.54) is 0 Å². The van der Waals surface area contributed by atoms with Gasteiger partial charge in [-0.2, -0.15) is 0 Å². The van der Waals surface area contributed by atoms with Gasteiger partial charge in [0.15, 0.2) is 11.5 Å². The Balaban J connectivity index is 1.74. The van der Waals surface area contributed by atoms with E-state index in [1.807, 2.05) is 37.3 Å². The first-order valence-corrected chi connectivity index (χ1v) is 13.1. The van der Waals surface area contributed by atoms with Crippen molar-refractivity contribution in [3.05, 3.63) is 71.7 Å². The molecule has 1 heterocycles. The maximum absolute atomic E-state index is 13.6. The van der Waals surface area contributed by atoms with Crippen LogP contribution in [0.3, 0.4) is 0 Å². The van der Waals surface area contributed by atoms with Crippen LogP contribution < -0.4 is 19.5 Å². The largest absolute Gasteiger partial charge is 0.497 e. The van der Waals surface area contributed by atoms with Crippen molar-refractivity contribution < 1.29 is 28.2 Å². The SMILES string of the molecule is CCCCN(CC(=O)N(CCc1ccc(OC)c(OC)c1)Cc1ccc(C)o1)C(=O)Nc1ccc(OC)cc1. The normalized spacial score (nSPS) is 10.6. The van der Waals surface area contributed by atoms with Gasteiger partial charge < -0.3 is 33.7 Å². The molecule has 3 amide bonds. The summed E-state index contributed by atoms with van der Waals surface area (Å²) in [6.45, 7) is 5.09. The summed E-state index contributed by atoms with van der Waals surface area (Å²) in [4.78, 5) is 30.1. The number of ether oxygens (including phenoxy) is 3. The molecule has 0 spiro atoms. The Labute approximate surface area is 230 Å². The topological polar surface area (TPSA) is 93.5 Å². The first-order valence-electron chi connectivity index (χ1n) is 13.1. The number of benzene rings is 2. The van der Waals surface area contributed by atoms with Crippen LogP contribution in [0.5, 0.6) is 17.2 Å². The molecular formula is C30H39N3O6. The number of carbonyl (C=O) groups is 2. The number of nitrogens with zero attached hydrogens (tertiary/aromatic N) is 2. The number of carbonyl (C=O) groups excluding carboxylic acids is 2. The number of unbranched alkanes of at least 4 members (excludes halogenated alkanes) is 1. The van der Waals surface area contributed by atoms with Gasteiger partial charge in [-0.25, -0.2) is 4.79 Å². The van der Waals surface area contributed by atoms with Gasteiger partial charge >= 0.3 is 6.03 Å². The van der Waals surface area contributed by atoms with Gasteiger partial charge in [0, 0.05) is 18.8 Å². The number of furan rings is 1. The number of hydrogen-bond donors (Lipinski definition) is 1. The summed E-state index contributed by atoms with van der Waals surface area (Å²) >= 11 is 0. The minimum atomic E-state index is -0.323. The van der Waals surface area contributed by atoms with Gasteiger partial charge in [-0.05, 0) is 73.9 Å². The Bertz CT molecular complexity index is 1210. The maximum Gasteiger partial charge on any atom is 0.322 e. The highest BCUT2D eigenvalue weighted by atomic mass is 16.5. The van der Waals surface area contributed by atoms with Crippen molar-refractivity contribution in [2.75, 3.05) is 46.3 Å². The van der Waals surface area contributed by atoms with Crippen molar-refractivity contribution in [3.8, 4) is 17.2 Å². The number of amides is 3. The van der Waals surface area contributed by atoms with Crippen molar-refractivity contribution in [2.45, 2.75) is 39.7 Å². The quantitative estimate of drug-likeness (QED) is 0.291. The summed E-state index contributed by atoms with van der Waals surface area (Å²) in [7, 11) is 4.78. The molecule has 0 aliphatic rings. The molecule has 3 rings (SSSR count). The number of methoxy groups -OCH3 is 3. The zero-order valence-electron chi connectivity index (χ0n) is 23.5. The molecule has 210 valence electrons. The van der Waals surface area contributed by atoms with E-state index in [0.717, 1.165) is 24.2 Å². The molecule has 0 aliphatic carbocycles. The van der Waals surface area contributed by atoms with E-state index in [9.17, 15) is 9.59 Å². The molecule has 1 N–H and O–H groups in total. The third-order valence-corrected chi connectivity index (χ3v) is 6.35. The van der Waals surface area contributed by atoms with Crippen LogP contribution in [-0.4, -0.2) is 62.7 Å². The minimum Gasteiger partial charge on any atom is -0.497 e. The van der Waals surface area contributed by atoms with E-state index >= 15 is 0 Å². The van der Waals surface area contributed by atoms with Gasteiger partial charge in [-0.1, -0.05) is 19.4 Å². The molecule has 0 unspecified atom stereocenters. The van der Waals surface area contributed by atoms with Crippen LogP contribution in [0.25, 0.3) is 0 Å². The highest BCUT2D eigenvalue weighted by Gasteiger charge is 2.22. The van der Waals surface area contributed by atoms with Crippen LogP contribution in [0.15, 0.2) is 59.0 Å². The lowest BCUT2D eigenvalue weighted by Crippen LogP contribution is -2.45. The van der Waals surface area contributed by atoms with Crippen LogP contribution in [0.4, 0.5) is 10.5 Å². The van der Waals surface area contributed by atoms with E-state index in [0.29, 0.717) is 54.8 Å². The summed E-state index contributed by atoms with van der Waals surface area (Å²) in [6, 6.07) is 16.2. The molecule has 2 aromatic carbocycles. The second-order valence-electron chi connectivity index (χ2n) is 9.20. The second kappa shape index (κ2) is 14.7. The number of nitrogens with one attached hydrogen (secondary N) is 1. The summed E-state index contributed by atoms with van der Waals surface area (Å²) < 4.78 is 21.7. The predicted octanol–water partition coefficient (Wildman–Crippen LogP) is 5.52. The van der Waals surface area contributed by atoms with Crippen molar-refractivity contribution in [1.82, 2.24) is 9.80 Å². The fourth-order valence-corrected chi connectivity index (χ4v) is 4.09. The predicted molar refractivity (Wildman–Crippen MR) is 151 cm³/mol. The number of aryl methyl sites for hydroxylation is 1. The molecule has 0 atom stereocenters. The smallest absolute Gasteiger partial charge is 0.322 e. The molecule has 3 aromatic rings. The monoisotopic (exact) mass is 537 g/mol. The van der Waals surface area contributed by atoms with Crippen molar-refractivity contribution in [1.29, 1.82) is 0 Å². The van der Waals surface area contributed by atoms with Gasteiger partial charge in [-0.15, -0.1) is 0 Å². The molecule has 0 saturated carbocycles. The standard InChI is InChI=1S/C30H39N3O6/c1-6-7-17-33(30(35)31-24-10-13-25(36-3)14-11-24)21-29(34)32(20-26-12-8-22(2)39-26)18-16-23-9-15-27(37-4)28(19-23)38-5/h8-15,19H,6-7,16-18,20-21H2,1-5H3,(H,31,35). The number of rotatable bonds is 14. The number of hydrogen-bond acceptors (Lipinski definition) is 6. The number of anilines is 1. The lowest BCUT2D eigenvalue weighted by atomic mass is 10.1. The van der Waals surface area contributed by atoms with Gasteiger partial charge in [-0.3, -0.25) is 4.79 Å². The summed E-state index contributed by atoms with van der Waals surface area (Å²) in [5.74, 6) is 3.29. The second-order valence-corrected chi connectivity index (χ2v) is 9.20. The first-order chi connectivity index (χ1) is 18.9. The van der Waals surface area contributed by atoms with Gasteiger partial charge in [0.25, 0.3) is 0 Å². The van der Waals surface area contributed by atoms with E-state index in [1.54, 1.807) is 55.4 Å². The van der Waals surface area contributed by atoms with Crippen LogP contribution in [0, 0.1) is 6.92 Å². The molecule has 0 aliphatic heterocycles. The summed E-state index contributed by atoms with van der Waals surface area (Å²) in [5.41, 5.74) is 1.63. The van der Waals surface area contributed by atoms with E-state index in [2.05, 4.69) is 12.2 Å². The number of urea groups is 1. The molecular weight excluding hydrogens is 498 g/mol. The molecule has 0 bridgehead atoms.